The highest BCUT2D eigenvalue weighted by molar-refractivity contribution is 6.05. The van der Waals surface area contributed by atoms with Crippen molar-refractivity contribution in [1.82, 2.24) is 15.1 Å². The lowest BCUT2D eigenvalue weighted by Gasteiger charge is -2.34. The Hall–Kier alpha value is -2.05. The van der Waals surface area contributed by atoms with Gasteiger partial charge in [-0.3, -0.25) is 9.89 Å². The number of benzene rings is 1. The molecule has 1 amide bonds. The molecule has 7 heteroatoms. The van der Waals surface area contributed by atoms with E-state index < -0.39 is 12.6 Å². The summed E-state index contributed by atoms with van der Waals surface area (Å²) in [5.41, 5.74) is 0.966. The number of carbonyl (C=O) groups is 1. The molecule has 0 aliphatic heterocycles. The van der Waals surface area contributed by atoms with Gasteiger partial charge in [0.05, 0.1) is 23.7 Å². The number of H-pyrrole nitrogens is 1. The first-order valence-electron chi connectivity index (χ1n) is 8.25. The van der Waals surface area contributed by atoms with Gasteiger partial charge < -0.3 is 4.90 Å². The molecule has 1 aromatic heterocycles. The van der Waals surface area contributed by atoms with Crippen molar-refractivity contribution < 1.29 is 18.0 Å². The van der Waals surface area contributed by atoms with Gasteiger partial charge in [0, 0.05) is 18.0 Å². The molecule has 0 atom stereocenters. The minimum atomic E-state index is -4.27. The number of para-hydroxylation sites is 1. The van der Waals surface area contributed by atoms with Crippen LogP contribution in [0.15, 0.2) is 24.4 Å². The molecule has 1 saturated carbocycles. The Morgan fingerprint density at radius 3 is 2.71 bits per heavy atom. The normalized spacial score (nSPS) is 16.5. The molecule has 0 radical (unpaired) electrons. The van der Waals surface area contributed by atoms with E-state index in [2.05, 4.69) is 10.2 Å². The lowest BCUT2D eigenvalue weighted by Crippen LogP contribution is -2.43. The summed E-state index contributed by atoms with van der Waals surface area (Å²) in [6.45, 7) is -0.294. The zero-order valence-electron chi connectivity index (χ0n) is 13.3. The number of aromatic amines is 1. The molecule has 0 unspecified atom stereocenters. The SMILES string of the molecule is O=C(c1cccc2cn[nH]c12)N(CCC(F)(F)F)C1CCCCC1. The lowest BCUT2D eigenvalue weighted by molar-refractivity contribution is -0.137. The third kappa shape index (κ3) is 3.71. The summed E-state index contributed by atoms with van der Waals surface area (Å²) in [4.78, 5) is 14.4. The molecule has 130 valence electrons. The number of fused-ring (bicyclic) bond motifs is 1. The van der Waals surface area contributed by atoms with Crippen molar-refractivity contribution in [1.29, 1.82) is 0 Å². The number of alkyl halides is 3. The van der Waals surface area contributed by atoms with Gasteiger partial charge in [-0.25, -0.2) is 0 Å². The standard InChI is InChI=1S/C17H20F3N3O/c18-17(19,20)9-10-23(13-6-2-1-3-7-13)16(24)14-8-4-5-12-11-21-22-15(12)14/h4-5,8,11,13H,1-3,6-7,9-10H2,(H,21,22). The highest BCUT2D eigenvalue weighted by Gasteiger charge is 2.33. The molecule has 1 fully saturated rings. The van der Waals surface area contributed by atoms with Gasteiger partial charge in [0.1, 0.15) is 0 Å². The topological polar surface area (TPSA) is 49.0 Å². The second kappa shape index (κ2) is 6.83. The highest BCUT2D eigenvalue weighted by Crippen LogP contribution is 2.28. The van der Waals surface area contributed by atoms with Crippen LogP contribution in [0.1, 0.15) is 48.9 Å². The van der Waals surface area contributed by atoms with E-state index in [1.54, 1.807) is 18.3 Å². The first-order chi connectivity index (χ1) is 11.5. The molecule has 0 bridgehead atoms. The number of hydrogen-bond donors (Lipinski definition) is 1. The molecule has 1 N–H and O–H groups in total. The monoisotopic (exact) mass is 339 g/mol. The van der Waals surface area contributed by atoms with E-state index >= 15 is 0 Å². The number of amides is 1. The van der Waals surface area contributed by atoms with Crippen LogP contribution in [0.5, 0.6) is 0 Å². The summed E-state index contributed by atoms with van der Waals surface area (Å²) >= 11 is 0. The molecule has 24 heavy (non-hydrogen) atoms. The van der Waals surface area contributed by atoms with E-state index in [1.165, 1.54) is 4.90 Å². The maximum absolute atomic E-state index is 13.0. The number of hydrogen-bond acceptors (Lipinski definition) is 2. The Balaban J connectivity index is 1.88. The number of nitrogens with zero attached hydrogens (tertiary/aromatic N) is 2. The molecule has 2 aromatic rings. The van der Waals surface area contributed by atoms with Crippen LogP contribution in [0.4, 0.5) is 13.2 Å². The van der Waals surface area contributed by atoms with Crippen LogP contribution in [0.3, 0.4) is 0 Å². The third-order valence-electron chi connectivity index (χ3n) is 4.62. The Morgan fingerprint density at radius 1 is 1.25 bits per heavy atom. The zero-order valence-corrected chi connectivity index (χ0v) is 13.3. The van der Waals surface area contributed by atoms with Crippen LogP contribution in [0, 0.1) is 0 Å². The number of aromatic nitrogens is 2. The third-order valence-corrected chi connectivity index (χ3v) is 4.62. The first-order valence-corrected chi connectivity index (χ1v) is 8.25. The van der Waals surface area contributed by atoms with E-state index in [1.807, 2.05) is 6.07 Å². The molecule has 0 spiro atoms. The van der Waals surface area contributed by atoms with Crippen LogP contribution < -0.4 is 0 Å². The Kier molecular flexibility index (Phi) is 4.78. The van der Waals surface area contributed by atoms with E-state index in [0.29, 0.717) is 11.1 Å². The molecular weight excluding hydrogens is 319 g/mol. The Morgan fingerprint density at radius 2 is 2.00 bits per heavy atom. The summed E-state index contributed by atoms with van der Waals surface area (Å²) in [6, 6.07) is 5.07. The molecule has 1 aliphatic rings. The van der Waals surface area contributed by atoms with Crippen molar-refractivity contribution in [2.45, 2.75) is 50.7 Å². The van der Waals surface area contributed by atoms with Gasteiger partial charge in [-0.2, -0.15) is 18.3 Å². The lowest BCUT2D eigenvalue weighted by atomic mass is 9.93. The average molecular weight is 339 g/mol. The van der Waals surface area contributed by atoms with Crippen molar-refractivity contribution in [3.05, 3.63) is 30.0 Å². The number of carbonyl (C=O) groups excluding carboxylic acids is 1. The summed E-state index contributed by atoms with van der Waals surface area (Å²) < 4.78 is 38.1. The fourth-order valence-electron chi connectivity index (χ4n) is 3.39. The van der Waals surface area contributed by atoms with E-state index in [4.69, 9.17) is 0 Å². The Bertz CT molecular complexity index is 704. The van der Waals surface area contributed by atoms with Gasteiger partial charge in [-0.1, -0.05) is 31.4 Å². The van der Waals surface area contributed by atoms with Crippen molar-refractivity contribution in [3.8, 4) is 0 Å². The molecular formula is C17H20F3N3O. The summed E-state index contributed by atoms with van der Waals surface area (Å²) in [5.74, 6) is -0.346. The fourth-order valence-corrected chi connectivity index (χ4v) is 3.39. The van der Waals surface area contributed by atoms with Gasteiger partial charge >= 0.3 is 6.18 Å². The van der Waals surface area contributed by atoms with E-state index in [0.717, 1.165) is 37.5 Å². The van der Waals surface area contributed by atoms with E-state index in [9.17, 15) is 18.0 Å². The van der Waals surface area contributed by atoms with Crippen LogP contribution >= 0.6 is 0 Å². The predicted molar refractivity (Wildman–Crippen MR) is 84.7 cm³/mol. The molecule has 0 saturated heterocycles. The van der Waals surface area contributed by atoms with Crippen molar-refractivity contribution in [2.75, 3.05) is 6.54 Å². The van der Waals surface area contributed by atoms with Gasteiger partial charge in [0.25, 0.3) is 5.91 Å². The second-order valence-corrected chi connectivity index (χ2v) is 6.30. The fraction of sp³-hybridized carbons (Fsp3) is 0.529. The predicted octanol–water partition coefficient (Wildman–Crippen LogP) is 4.29. The van der Waals surface area contributed by atoms with E-state index in [-0.39, 0.29) is 18.5 Å². The van der Waals surface area contributed by atoms with Crippen LogP contribution in [-0.4, -0.2) is 39.8 Å². The highest BCUT2D eigenvalue weighted by atomic mass is 19.4. The first kappa shape index (κ1) is 16.8. The minimum absolute atomic E-state index is 0.119. The smallest absolute Gasteiger partial charge is 0.335 e. The number of halogens is 3. The minimum Gasteiger partial charge on any atom is -0.335 e. The average Bonchev–Trinajstić information content (AvgIpc) is 3.03. The second-order valence-electron chi connectivity index (χ2n) is 6.30. The molecule has 3 rings (SSSR count). The van der Waals surface area contributed by atoms with Crippen LogP contribution in [0.2, 0.25) is 0 Å². The maximum atomic E-state index is 13.0. The van der Waals surface area contributed by atoms with Crippen molar-refractivity contribution in [2.24, 2.45) is 0 Å². The quantitative estimate of drug-likeness (QED) is 0.903. The summed E-state index contributed by atoms with van der Waals surface area (Å²) in [7, 11) is 0. The van der Waals surface area contributed by atoms with Crippen molar-refractivity contribution in [3.63, 3.8) is 0 Å². The molecule has 1 aliphatic carbocycles. The van der Waals surface area contributed by atoms with Crippen molar-refractivity contribution >= 4 is 16.8 Å². The summed E-state index contributed by atoms with van der Waals surface area (Å²) in [6.07, 6.45) is 0.872. The zero-order chi connectivity index (χ0) is 17.2. The van der Waals surface area contributed by atoms with Crippen LogP contribution in [0.25, 0.3) is 10.9 Å². The number of rotatable bonds is 4. The van der Waals surface area contributed by atoms with Gasteiger partial charge in [0.15, 0.2) is 0 Å². The number of nitrogens with one attached hydrogen (secondary N) is 1. The molecule has 4 nitrogen and oxygen atoms in total. The largest absolute Gasteiger partial charge is 0.390 e. The maximum Gasteiger partial charge on any atom is 0.390 e. The van der Waals surface area contributed by atoms with Crippen LogP contribution in [-0.2, 0) is 0 Å². The Labute approximate surface area is 138 Å². The molecule has 1 aromatic carbocycles. The van der Waals surface area contributed by atoms with Gasteiger partial charge in [0.2, 0.25) is 0 Å². The van der Waals surface area contributed by atoms with Gasteiger partial charge in [-0.05, 0) is 18.9 Å². The van der Waals surface area contributed by atoms with Gasteiger partial charge in [-0.15, -0.1) is 0 Å². The molecule has 1 heterocycles. The summed E-state index contributed by atoms with van der Waals surface area (Å²) in [5, 5.41) is 7.48.